The van der Waals surface area contributed by atoms with Gasteiger partial charge in [0.15, 0.2) is 0 Å². The molecule has 0 radical (unpaired) electrons. The summed E-state index contributed by atoms with van der Waals surface area (Å²) >= 11 is 0.475. The third-order valence-corrected chi connectivity index (χ3v) is 3.88. The fraction of sp³-hybridized carbons (Fsp3) is 0.400. The Balaban J connectivity index is 0.00000361. The van der Waals surface area contributed by atoms with E-state index in [0.29, 0.717) is 11.8 Å². The van der Waals surface area contributed by atoms with Crippen molar-refractivity contribution in [1.82, 2.24) is 0 Å². The number of para-hydroxylation sites is 1. The lowest BCUT2D eigenvalue weighted by molar-refractivity contribution is -0.105. The molecule has 1 rings (SSSR count). The Kier molecular flexibility index (Phi) is 7.98. The van der Waals surface area contributed by atoms with E-state index in [9.17, 15) is 22.6 Å². The maximum absolute atomic E-state index is 12.1. The summed E-state index contributed by atoms with van der Waals surface area (Å²) in [4.78, 5) is 9.42. The first-order valence-electron chi connectivity index (χ1n) is 5.19. The molecule has 0 aromatic heterocycles. The highest BCUT2D eigenvalue weighted by atomic mass is 35.5. The summed E-state index contributed by atoms with van der Waals surface area (Å²) in [6.45, 7) is 1.45. The van der Waals surface area contributed by atoms with Crippen molar-refractivity contribution < 1.29 is 31.7 Å². The largest absolute Gasteiger partial charge is 0.527 e. The molecule has 1 aromatic rings. The van der Waals surface area contributed by atoms with Crippen LogP contribution in [0.4, 0.5) is 13.2 Å². The van der Waals surface area contributed by atoms with Gasteiger partial charge in [-0.05, 0) is 19.1 Å². The number of thioether (sulfide) groups is 1. The van der Waals surface area contributed by atoms with Crippen molar-refractivity contribution in [2.75, 3.05) is 12.4 Å². The zero-order valence-electron chi connectivity index (χ0n) is 10.3. The summed E-state index contributed by atoms with van der Waals surface area (Å²) in [5, 5.41) is 0. The highest BCUT2D eigenvalue weighted by Gasteiger charge is 2.29. The summed E-state index contributed by atoms with van der Waals surface area (Å²) in [5.74, 6) is -1.23. The van der Waals surface area contributed by atoms with E-state index in [4.69, 9.17) is 4.52 Å². The second-order valence-corrected chi connectivity index (χ2v) is 5.72. The first-order chi connectivity index (χ1) is 8.73. The van der Waals surface area contributed by atoms with Gasteiger partial charge >= 0.3 is 14.0 Å². The Morgan fingerprint density at radius 1 is 1.35 bits per heavy atom. The zero-order valence-corrected chi connectivity index (χ0v) is 12.8. The molecule has 0 aliphatic rings. The Labute approximate surface area is 124 Å². The lowest BCUT2D eigenvalue weighted by Crippen LogP contribution is -2.10. The topological polar surface area (TPSA) is 55.8 Å². The fourth-order valence-corrected chi connectivity index (χ4v) is 2.71. The molecule has 1 N–H and O–H groups in total. The van der Waals surface area contributed by atoms with Crippen molar-refractivity contribution in [1.29, 1.82) is 0 Å². The predicted octanol–water partition coefficient (Wildman–Crippen LogP) is 4.28. The minimum Gasteiger partial charge on any atom is -0.403 e. The number of alkyl halides is 3. The minimum absolute atomic E-state index is 0. The molecule has 1 atom stereocenters. The molecule has 0 fully saturated rings. The smallest absolute Gasteiger partial charge is 0.403 e. The van der Waals surface area contributed by atoms with Crippen molar-refractivity contribution in [3.05, 3.63) is 24.3 Å². The van der Waals surface area contributed by atoms with Crippen LogP contribution in [0.1, 0.15) is 6.92 Å². The lowest BCUT2D eigenvalue weighted by Gasteiger charge is -2.15. The molecule has 10 heteroatoms. The molecular formula is C10H13ClF3O4PS. The highest BCUT2D eigenvalue weighted by Crippen LogP contribution is 2.46. The van der Waals surface area contributed by atoms with Crippen molar-refractivity contribution in [3.63, 3.8) is 0 Å². The van der Waals surface area contributed by atoms with Crippen LogP contribution in [0, 0.1) is 0 Å². The van der Waals surface area contributed by atoms with Gasteiger partial charge in [-0.15, -0.1) is 24.2 Å². The Hall–Kier alpha value is -0.400. The number of hydrogen-bond donors (Lipinski definition) is 1. The van der Waals surface area contributed by atoms with Crippen LogP contribution in [-0.4, -0.2) is 23.4 Å². The van der Waals surface area contributed by atoms with E-state index in [0.717, 1.165) is 0 Å². The molecule has 4 nitrogen and oxygen atoms in total. The summed E-state index contributed by atoms with van der Waals surface area (Å²) in [7, 11) is -4.30. The molecule has 116 valence electrons. The molecule has 0 bridgehead atoms. The van der Waals surface area contributed by atoms with Gasteiger partial charge in [-0.1, -0.05) is 12.1 Å². The molecule has 0 aliphatic carbocycles. The van der Waals surface area contributed by atoms with Gasteiger partial charge in [-0.25, -0.2) is 4.57 Å². The second-order valence-electron chi connectivity index (χ2n) is 3.33. The predicted molar refractivity (Wildman–Crippen MR) is 72.5 cm³/mol. The van der Waals surface area contributed by atoms with Crippen molar-refractivity contribution in [3.8, 4) is 5.75 Å². The van der Waals surface area contributed by atoms with Gasteiger partial charge in [-0.3, -0.25) is 9.42 Å². The summed E-state index contributed by atoms with van der Waals surface area (Å²) < 4.78 is 57.1. The molecule has 0 saturated carbocycles. The number of phosphoric ester groups is 1. The van der Waals surface area contributed by atoms with Gasteiger partial charge in [0, 0.05) is 0 Å². The van der Waals surface area contributed by atoms with Crippen LogP contribution >= 0.6 is 32.0 Å². The quantitative estimate of drug-likeness (QED) is 0.612. The van der Waals surface area contributed by atoms with Crippen LogP contribution in [0.25, 0.3) is 0 Å². The zero-order chi connectivity index (χ0) is 14.5. The highest BCUT2D eigenvalue weighted by molar-refractivity contribution is 7.99. The SMILES string of the molecule is CCOP(=O)(O)Oc1ccccc1SCC(F)(F)F.Cl. The van der Waals surface area contributed by atoms with Gasteiger partial charge in [0.05, 0.1) is 17.3 Å². The number of halogens is 4. The molecule has 0 saturated heterocycles. The van der Waals surface area contributed by atoms with E-state index in [-0.39, 0.29) is 29.7 Å². The van der Waals surface area contributed by atoms with Gasteiger partial charge in [0.25, 0.3) is 0 Å². The Morgan fingerprint density at radius 2 is 1.95 bits per heavy atom. The van der Waals surface area contributed by atoms with Crippen molar-refractivity contribution >= 4 is 32.0 Å². The molecule has 20 heavy (non-hydrogen) atoms. The van der Waals surface area contributed by atoms with Crippen LogP contribution in [0.15, 0.2) is 29.2 Å². The third kappa shape index (κ3) is 7.40. The van der Waals surface area contributed by atoms with Crippen LogP contribution in [0.3, 0.4) is 0 Å². The summed E-state index contributed by atoms with van der Waals surface area (Å²) in [6, 6.07) is 5.67. The fourth-order valence-electron chi connectivity index (χ4n) is 1.12. The minimum atomic E-state index is -4.33. The maximum atomic E-state index is 12.1. The van der Waals surface area contributed by atoms with Crippen LogP contribution in [0.5, 0.6) is 5.75 Å². The normalized spacial score (nSPS) is 14.2. The average Bonchev–Trinajstić information content (AvgIpc) is 2.26. The van der Waals surface area contributed by atoms with Crippen LogP contribution in [-0.2, 0) is 9.09 Å². The second kappa shape index (κ2) is 8.14. The summed E-state index contributed by atoms with van der Waals surface area (Å²) in [5.41, 5.74) is 0. The van der Waals surface area contributed by atoms with E-state index < -0.39 is 19.8 Å². The molecule has 0 aliphatic heterocycles. The molecule has 0 heterocycles. The van der Waals surface area contributed by atoms with E-state index in [1.807, 2.05) is 0 Å². The molecular weight excluding hydrogens is 340 g/mol. The number of rotatable bonds is 6. The maximum Gasteiger partial charge on any atom is 0.527 e. The Bertz CT molecular complexity index is 472. The lowest BCUT2D eigenvalue weighted by atomic mass is 10.3. The average molecular weight is 353 g/mol. The van der Waals surface area contributed by atoms with E-state index in [1.54, 1.807) is 0 Å². The van der Waals surface area contributed by atoms with E-state index in [2.05, 4.69) is 4.52 Å². The number of hydrogen-bond acceptors (Lipinski definition) is 4. The van der Waals surface area contributed by atoms with Crippen LogP contribution in [0.2, 0.25) is 0 Å². The van der Waals surface area contributed by atoms with Gasteiger partial charge in [0.2, 0.25) is 0 Å². The monoisotopic (exact) mass is 352 g/mol. The molecule has 0 amide bonds. The molecule has 0 spiro atoms. The summed E-state index contributed by atoms with van der Waals surface area (Å²) in [6.07, 6.45) is -4.33. The first-order valence-corrected chi connectivity index (χ1v) is 7.67. The Morgan fingerprint density at radius 3 is 2.50 bits per heavy atom. The van der Waals surface area contributed by atoms with Gasteiger partial charge < -0.3 is 4.52 Å². The molecule has 1 unspecified atom stereocenters. The third-order valence-electron chi connectivity index (χ3n) is 1.75. The number of phosphoric acid groups is 1. The van der Waals surface area contributed by atoms with Gasteiger partial charge in [0.1, 0.15) is 5.75 Å². The van der Waals surface area contributed by atoms with Gasteiger partial charge in [-0.2, -0.15) is 13.2 Å². The van der Waals surface area contributed by atoms with Crippen LogP contribution < -0.4 is 4.52 Å². The standard InChI is InChI=1S/C10H12F3O4PS.ClH/c1-2-16-18(14,15)17-8-5-3-4-6-9(8)19-7-10(11,12)13;/h3-6H,2,7H2,1H3,(H,14,15);1H. The number of benzene rings is 1. The van der Waals surface area contributed by atoms with Crippen molar-refractivity contribution in [2.45, 2.75) is 18.0 Å². The van der Waals surface area contributed by atoms with E-state index in [1.165, 1.54) is 31.2 Å². The first kappa shape index (κ1) is 19.6. The molecule has 1 aromatic carbocycles. The van der Waals surface area contributed by atoms with Crippen molar-refractivity contribution in [2.24, 2.45) is 0 Å². The van der Waals surface area contributed by atoms with E-state index >= 15 is 0 Å².